The summed E-state index contributed by atoms with van der Waals surface area (Å²) >= 11 is 1.11. The van der Waals surface area contributed by atoms with Gasteiger partial charge in [0.2, 0.25) is 10.0 Å². The first-order valence-electron chi connectivity index (χ1n) is 6.35. The number of hydrogen-bond acceptors (Lipinski definition) is 5. The number of primary sulfonamides is 1. The summed E-state index contributed by atoms with van der Waals surface area (Å²) in [5, 5.41) is 7.75. The molecule has 1 rings (SSSR count). The van der Waals surface area contributed by atoms with E-state index in [1.54, 1.807) is 6.92 Å². The van der Waals surface area contributed by atoms with Gasteiger partial charge in [-0.1, -0.05) is 13.3 Å². The number of ether oxygens (including phenoxy) is 1. The molecule has 8 heteroatoms. The van der Waals surface area contributed by atoms with Crippen LogP contribution in [0.1, 0.15) is 34.3 Å². The fourth-order valence-electron chi connectivity index (χ4n) is 1.53. The van der Waals surface area contributed by atoms with Crippen LogP contribution in [-0.4, -0.2) is 34.1 Å². The summed E-state index contributed by atoms with van der Waals surface area (Å²) in [6.07, 6.45) is 2.06. The molecule has 6 nitrogen and oxygen atoms in total. The van der Waals surface area contributed by atoms with Crippen molar-refractivity contribution in [3.8, 4) is 0 Å². The number of amides is 1. The van der Waals surface area contributed by atoms with Crippen molar-refractivity contribution in [2.24, 2.45) is 5.14 Å². The third kappa shape index (κ3) is 5.20. The van der Waals surface area contributed by atoms with Crippen molar-refractivity contribution in [1.29, 1.82) is 0 Å². The van der Waals surface area contributed by atoms with E-state index in [9.17, 15) is 13.2 Å². The molecule has 114 valence electrons. The normalized spacial score (nSPS) is 11.6. The Hall–Kier alpha value is -0.960. The summed E-state index contributed by atoms with van der Waals surface area (Å²) < 4.78 is 27.9. The SMILES string of the molecule is CCCCOCCNC(=O)c1cc(S(N)(=O)=O)c(C)s1. The molecule has 0 saturated heterocycles. The maximum Gasteiger partial charge on any atom is 0.261 e. The molecule has 1 amide bonds. The molecule has 1 heterocycles. The minimum atomic E-state index is -3.78. The van der Waals surface area contributed by atoms with Gasteiger partial charge < -0.3 is 10.1 Å². The van der Waals surface area contributed by atoms with Gasteiger partial charge in [0.1, 0.15) is 0 Å². The molecule has 0 atom stereocenters. The molecule has 0 aromatic carbocycles. The number of unbranched alkanes of at least 4 members (excludes halogenated alkanes) is 1. The van der Waals surface area contributed by atoms with Crippen LogP contribution in [-0.2, 0) is 14.8 Å². The van der Waals surface area contributed by atoms with Crippen LogP contribution in [0.3, 0.4) is 0 Å². The highest BCUT2D eigenvalue weighted by Gasteiger charge is 2.18. The van der Waals surface area contributed by atoms with E-state index in [4.69, 9.17) is 9.88 Å². The second kappa shape index (κ2) is 7.72. The lowest BCUT2D eigenvalue weighted by Gasteiger charge is -2.04. The number of aryl methyl sites for hydroxylation is 1. The summed E-state index contributed by atoms with van der Waals surface area (Å²) in [5.74, 6) is -0.313. The number of nitrogens with two attached hydrogens (primary N) is 1. The first kappa shape index (κ1) is 17.1. The molecule has 0 spiro atoms. The van der Waals surface area contributed by atoms with Gasteiger partial charge in [-0.3, -0.25) is 4.79 Å². The van der Waals surface area contributed by atoms with Gasteiger partial charge in [0.05, 0.1) is 16.4 Å². The van der Waals surface area contributed by atoms with Gasteiger partial charge in [-0.05, 0) is 19.4 Å². The van der Waals surface area contributed by atoms with Gasteiger partial charge in [0.25, 0.3) is 5.91 Å². The lowest BCUT2D eigenvalue weighted by atomic mass is 10.4. The van der Waals surface area contributed by atoms with Crippen LogP contribution in [0.15, 0.2) is 11.0 Å². The molecule has 0 fully saturated rings. The topological polar surface area (TPSA) is 98.5 Å². The van der Waals surface area contributed by atoms with Crippen LogP contribution < -0.4 is 10.5 Å². The van der Waals surface area contributed by atoms with Gasteiger partial charge in [-0.2, -0.15) is 0 Å². The first-order valence-corrected chi connectivity index (χ1v) is 8.71. The second-order valence-corrected chi connectivity index (χ2v) is 7.08. The van der Waals surface area contributed by atoms with Crippen molar-refractivity contribution in [3.05, 3.63) is 15.8 Å². The fourth-order valence-corrected chi connectivity index (χ4v) is 3.59. The van der Waals surface area contributed by atoms with E-state index in [2.05, 4.69) is 12.2 Å². The van der Waals surface area contributed by atoms with Crippen LogP contribution in [0.25, 0.3) is 0 Å². The second-order valence-electron chi connectivity index (χ2n) is 4.30. The molecule has 0 radical (unpaired) electrons. The number of rotatable bonds is 8. The van der Waals surface area contributed by atoms with E-state index in [1.807, 2.05) is 0 Å². The predicted molar refractivity (Wildman–Crippen MR) is 78.5 cm³/mol. The number of carbonyl (C=O) groups is 1. The molecule has 0 unspecified atom stereocenters. The third-order valence-corrected chi connectivity index (χ3v) is 4.79. The quantitative estimate of drug-likeness (QED) is 0.704. The average Bonchev–Trinajstić information content (AvgIpc) is 2.75. The van der Waals surface area contributed by atoms with Crippen LogP contribution >= 0.6 is 11.3 Å². The first-order chi connectivity index (χ1) is 9.36. The summed E-state index contributed by atoms with van der Waals surface area (Å²) in [7, 11) is -3.78. The Morgan fingerprint density at radius 2 is 2.15 bits per heavy atom. The average molecular weight is 320 g/mol. The van der Waals surface area contributed by atoms with Crippen LogP contribution in [0.4, 0.5) is 0 Å². The van der Waals surface area contributed by atoms with Crippen molar-refractivity contribution in [3.63, 3.8) is 0 Å². The molecule has 0 aliphatic carbocycles. The van der Waals surface area contributed by atoms with Crippen molar-refractivity contribution in [2.75, 3.05) is 19.8 Å². The van der Waals surface area contributed by atoms with E-state index in [1.165, 1.54) is 6.07 Å². The maximum atomic E-state index is 11.8. The Labute approximate surface area is 123 Å². The number of carbonyl (C=O) groups excluding carboxylic acids is 1. The molecule has 20 heavy (non-hydrogen) atoms. The van der Waals surface area contributed by atoms with Crippen LogP contribution in [0.5, 0.6) is 0 Å². The summed E-state index contributed by atoms with van der Waals surface area (Å²) in [6, 6.07) is 1.31. The fraction of sp³-hybridized carbons (Fsp3) is 0.583. The lowest BCUT2D eigenvalue weighted by molar-refractivity contribution is 0.0916. The number of thiophene rings is 1. The van der Waals surface area contributed by atoms with Crippen molar-refractivity contribution < 1.29 is 17.9 Å². The minimum Gasteiger partial charge on any atom is -0.380 e. The lowest BCUT2D eigenvalue weighted by Crippen LogP contribution is -2.26. The van der Waals surface area contributed by atoms with E-state index >= 15 is 0 Å². The molecule has 0 aliphatic rings. The molecular weight excluding hydrogens is 300 g/mol. The van der Waals surface area contributed by atoms with Gasteiger partial charge in [0.15, 0.2) is 0 Å². The van der Waals surface area contributed by atoms with E-state index in [-0.39, 0.29) is 10.8 Å². The number of hydrogen-bond donors (Lipinski definition) is 2. The summed E-state index contributed by atoms with van der Waals surface area (Å²) in [4.78, 5) is 12.7. The van der Waals surface area contributed by atoms with Crippen molar-refractivity contribution in [2.45, 2.75) is 31.6 Å². The van der Waals surface area contributed by atoms with E-state index < -0.39 is 10.0 Å². The zero-order valence-electron chi connectivity index (χ0n) is 11.6. The van der Waals surface area contributed by atoms with Gasteiger partial charge in [-0.15, -0.1) is 11.3 Å². The monoisotopic (exact) mass is 320 g/mol. The smallest absolute Gasteiger partial charge is 0.261 e. The van der Waals surface area contributed by atoms with Gasteiger partial charge in [-0.25, -0.2) is 13.6 Å². The molecule has 1 aromatic rings. The maximum absolute atomic E-state index is 11.8. The number of nitrogens with one attached hydrogen (secondary N) is 1. The highest BCUT2D eigenvalue weighted by Crippen LogP contribution is 2.24. The molecule has 0 bridgehead atoms. The highest BCUT2D eigenvalue weighted by molar-refractivity contribution is 7.89. The Kier molecular flexibility index (Phi) is 6.60. The third-order valence-electron chi connectivity index (χ3n) is 2.58. The van der Waals surface area contributed by atoms with Gasteiger partial charge in [0, 0.05) is 18.0 Å². The standard InChI is InChI=1S/C12H20N2O4S2/c1-3-4-6-18-7-5-14-12(15)10-8-11(9(2)19-10)20(13,16)17/h8H,3-7H2,1-2H3,(H,14,15)(H2,13,16,17). The molecule has 1 aromatic heterocycles. The largest absolute Gasteiger partial charge is 0.380 e. The predicted octanol–water partition coefficient (Wildman–Crippen LogP) is 1.25. The molecule has 0 saturated carbocycles. The van der Waals surface area contributed by atoms with E-state index in [0.717, 1.165) is 24.2 Å². The summed E-state index contributed by atoms with van der Waals surface area (Å²) in [5.41, 5.74) is 0. The minimum absolute atomic E-state index is 0.00634. The molecular formula is C12H20N2O4S2. The summed E-state index contributed by atoms with van der Waals surface area (Å²) in [6.45, 7) is 5.21. The zero-order chi connectivity index (χ0) is 15.2. The Morgan fingerprint density at radius 1 is 1.45 bits per heavy atom. The zero-order valence-corrected chi connectivity index (χ0v) is 13.3. The van der Waals surface area contributed by atoms with Crippen molar-refractivity contribution >= 4 is 27.3 Å². The van der Waals surface area contributed by atoms with E-state index in [0.29, 0.717) is 29.5 Å². The molecule has 0 aliphatic heterocycles. The molecule has 3 N–H and O–H groups in total. The van der Waals surface area contributed by atoms with Crippen LogP contribution in [0, 0.1) is 6.92 Å². The Bertz CT molecular complexity index is 552. The Morgan fingerprint density at radius 3 is 2.70 bits per heavy atom. The van der Waals surface area contributed by atoms with Crippen molar-refractivity contribution in [1.82, 2.24) is 5.32 Å². The number of sulfonamides is 1. The highest BCUT2D eigenvalue weighted by atomic mass is 32.2. The van der Waals surface area contributed by atoms with Crippen LogP contribution in [0.2, 0.25) is 0 Å². The van der Waals surface area contributed by atoms with Gasteiger partial charge >= 0.3 is 0 Å². The Balaban J connectivity index is 2.49.